The highest BCUT2D eigenvalue weighted by molar-refractivity contribution is 5.96. The van der Waals surface area contributed by atoms with E-state index in [-0.39, 0.29) is 18.2 Å². The summed E-state index contributed by atoms with van der Waals surface area (Å²) in [7, 11) is 1.47. The fourth-order valence-corrected chi connectivity index (χ4v) is 1.59. The molecule has 0 aliphatic carbocycles. The van der Waals surface area contributed by atoms with Crippen molar-refractivity contribution < 1.29 is 27.5 Å². The minimum atomic E-state index is -4.77. The average molecular weight is 330 g/mol. The largest absolute Gasteiger partial charge is 0.573 e. The second kappa shape index (κ2) is 7.66. The molecule has 0 spiro atoms. The van der Waals surface area contributed by atoms with Crippen molar-refractivity contribution in [1.82, 2.24) is 4.90 Å². The topological polar surface area (TPSA) is 58.6 Å². The summed E-state index contributed by atoms with van der Waals surface area (Å²) >= 11 is 0. The quantitative estimate of drug-likeness (QED) is 0.845. The Balaban J connectivity index is 2.58. The van der Waals surface area contributed by atoms with Crippen molar-refractivity contribution in [2.45, 2.75) is 20.2 Å². The lowest BCUT2D eigenvalue weighted by atomic mass is 10.3. The Morgan fingerprint density at radius 3 is 2.26 bits per heavy atom. The van der Waals surface area contributed by atoms with Crippen LogP contribution >= 0.6 is 0 Å². The zero-order chi connectivity index (χ0) is 17.6. The molecule has 0 saturated heterocycles. The Morgan fingerprint density at radius 2 is 1.78 bits per heavy atom. The van der Waals surface area contributed by atoms with Gasteiger partial charge >= 0.3 is 6.36 Å². The summed E-state index contributed by atoms with van der Waals surface area (Å²) in [6.07, 6.45) is -3.37. The van der Waals surface area contributed by atoms with E-state index >= 15 is 0 Å². The summed E-state index contributed by atoms with van der Waals surface area (Å²) in [6.45, 7) is 3.34. The number of benzene rings is 1. The van der Waals surface area contributed by atoms with Gasteiger partial charge in [-0.3, -0.25) is 9.59 Å². The normalized spacial score (nSPS) is 10.7. The van der Waals surface area contributed by atoms with Gasteiger partial charge in [-0.15, -0.1) is 13.2 Å². The summed E-state index contributed by atoms with van der Waals surface area (Å²) in [5, 5.41) is 2.48. The van der Waals surface area contributed by atoms with Crippen LogP contribution in [-0.4, -0.2) is 36.7 Å². The molecule has 23 heavy (non-hydrogen) atoms. The van der Waals surface area contributed by atoms with Crippen LogP contribution in [0.1, 0.15) is 13.8 Å². The minimum absolute atomic E-state index is 0.177. The molecule has 2 amide bonds. The number of amides is 2. The number of nitrogens with one attached hydrogen (secondary N) is 1. The van der Waals surface area contributed by atoms with E-state index in [4.69, 9.17) is 0 Å². The van der Waals surface area contributed by atoms with Crippen LogP contribution in [-0.2, 0) is 9.59 Å². The van der Waals surface area contributed by atoms with Gasteiger partial charge < -0.3 is 15.0 Å². The summed E-state index contributed by atoms with van der Waals surface area (Å²) in [6, 6.07) is 4.72. The Hall–Kier alpha value is -2.51. The number of anilines is 1. The molecule has 0 unspecified atom stereocenters. The number of carbonyl (C=O) groups is 2. The van der Waals surface area contributed by atoms with Crippen LogP contribution in [0, 0.1) is 0 Å². The van der Waals surface area contributed by atoms with E-state index in [2.05, 4.69) is 10.1 Å². The summed E-state index contributed by atoms with van der Waals surface area (Å²) in [4.78, 5) is 24.7. The molecule has 1 rings (SSSR count). The molecule has 0 bridgehead atoms. The van der Waals surface area contributed by atoms with Gasteiger partial charge in [-0.05, 0) is 38.1 Å². The highest BCUT2D eigenvalue weighted by atomic mass is 19.4. The van der Waals surface area contributed by atoms with Crippen molar-refractivity contribution >= 4 is 17.5 Å². The van der Waals surface area contributed by atoms with E-state index in [1.54, 1.807) is 13.8 Å². The van der Waals surface area contributed by atoms with Gasteiger partial charge in [0.25, 0.3) is 0 Å². The molecule has 0 aliphatic heterocycles. The molecule has 0 aromatic heterocycles. The molecule has 0 heterocycles. The van der Waals surface area contributed by atoms with E-state index in [1.165, 1.54) is 30.2 Å². The first kappa shape index (κ1) is 18.5. The predicted octanol–water partition coefficient (Wildman–Crippen LogP) is 2.95. The second-order valence-electron chi connectivity index (χ2n) is 5.04. The predicted molar refractivity (Wildman–Crippen MR) is 78.8 cm³/mol. The lowest BCUT2D eigenvalue weighted by Crippen LogP contribution is -2.34. The van der Waals surface area contributed by atoms with Crippen molar-refractivity contribution in [3.8, 4) is 5.75 Å². The Bertz CT molecular complexity index is 591. The highest BCUT2D eigenvalue weighted by Crippen LogP contribution is 2.23. The van der Waals surface area contributed by atoms with Gasteiger partial charge in [-0.1, -0.05) is 5.57 Å². The number of carbonyl (C=O) groups excluding carboxylic acids is 2. The number of nitrogens with zero attached hydrogens (tertiary/aromatic N) is 1. The fraction of sp³-hybridized carbons (Fsp3) is 0.333. The van der Waals surface area contributed by atoms with Crippen molar-refractivity contribution in [3.63, 3.8) is 0 Å². The molecule has 5 nitrogen and oxygen atoms in total. The maximum atomic E-state index is 12.0. The first-order valence-electron chi connectivity index (χ1n) is 6.62. The van der Waals surface area contributed by atoms with Crippen LogP contribution in [0.2, 0.25) is 0 Å². The molecule has 1 aromatic rings. The average Bonchev–Trinajstić information content (AvgIpc) is 2.38. The number of allylic oxidation sites excluding steroid dienone is 1. The van der Waals surface area contributed by atoms with Crippen LogP contribution in [0.15, 0.2) is 35.9 Å². The molecule has 126 valence electrons. The zero-order valence-corrected chi connectivity index (χ0v) is 12.9. The molecular formula is C15H17F3N2O3. The third-order valence-electron chi connectivity index (χ3n) is 2.54. The molecule has 1 N–H and O–H groups in total. The number of hydrogen-bond donors (Lipinski definition) is 1. The standard InChI is InChI=1S/C15H17F3N2O3/c1-10(2)8-14(22)20(3)9-13(21)19-11-4-6-12(7-5-11)23-15(16,17)18/h4-8H,9H2,1-3H3,(H,19,21). The van der Waals surface area contributed by atoms with Crippen LogP contribution in [0.25, 0.3) is 0 Å². The molecular weight excluding hydrogens is 313 g/mol. The molecule has 8 heteroatoms. The van der Waals surface area contributed by atoms with Crippen molar-refractivity contribution in [3.05, 3.63) is 35.9 Å². The van der Waals surface area contributed by atoms with E-state index < -0.39 is 12.3 Å². The monoisotopic (exact) mass is 330 g/mol. The first-order valence-corrected chi connectivity index (χ1v) is 6.62. The number of hydrogen-bond acceptors (Lipinski definition) is 3. The lowest BCUT2D eigenvalue weighted by molar-refractivity contribution is -0.274. The van der Waals surface area contributed by atoms with E-state index in [0.717, 1.165) is 17.7 Å². The summed E-state index contributed by atoms with van der Waals surface area (Å²) in [5.74, 6) is -1.16. The number of halogens is 3. The fourth-order valence-electron chi connectivity index (χ4n) is 1.59. The third kappa shape index (κ3) is 7.35. The highest BCUT2D eigenvalue weighted by Gasteiger charge is 2.30. The number of ether oxygens (including phenoxy) is 1. The Kier molecular flexibility index (Phi) is 6.18. The number of likely N-dealkylation sites (N-methyl/N-ethyl adjacent to an activating group) is 1. The zero-order valence-electron chi connectivity index (χ0n) is 12.9. The number of rotatable bonds is 5. The Morgan fingerprint density at radius 1 is 1.22 bits per heavy atom. The maximum Gasteiger partial charge on any atom is 0.573 e. The SMILES string of the molecule is CC(C)=CC(=O)N(C)CC(=O)Nc1ccc(OC(F)(F)F)cc1. The van der Waals surface area contributed by atoms with Gasteiger partial charge in [0, 0.05) is 18.8 Å². The molecule has 0 fully saturated rings. The van der Waals surface area contributed by atoms with E-state index in [9.17, 15) is 22.8 Å². The van der Waals surface area contributed by atoms with Crippen LogP contribution < -0.4 is 10.1 Å². The van der Waals surface area contributed by atoms with E-state index in [1.807, 2.05) is 0 Å². The second-order valence-corrected chi connectivity index (χ2v) is 5.04. The molecule has 0 aliphatic rings. The smallest absolute Gasteiger partial charge is 0.406 e. The molecule has 0 radical (unpaired) electrons. The van der Waals surface area contributed by atoms with Gasteiger partial charge in [-0.25, -0.2) is 0 Å². The number of alkyl halides is 3. The van der Waals surface area contributed by atoms with Crippen molar-refractivity contribution in [2.75, 3.05) is 18.9 Å². The first-order chi connectivity index (χ1) is 10.6. The van der Waals surface area contributed by atoms with Gasteiger partial charge in [0.1, 0.15) is 5.75 Å². The van der Waals surface area contributed by atoms with Gasteiger partial charge in [0.05, 0.1) is 6.54 Å². The molecule has 0 atom stereocenters. The minimum Gasteiger partial charge on any atom is -0.406 e. The van der Waals surface area contributed by atoms with Crippen LogP contribution in [0.5, 0.6) is 5.75 Å². The summed E-state index contributed by atoms with van der Waals surface area (Å²) in [5.41, 5.74) is 1.11. The van der Waals surface area contributed by atoms with E-state index in [0.29, 0.717) is 5.69 Å². The maximum absolute atomic E-state index is 12.0. The third-order valence-corrected chi connectivity index (χ3v) is 2.54. The molecule has 1 aromatic carbocycles. The summed E-state index contributed by atoms with van der Waals surface area (Å²) < 4.78 is 39.8. The van der Waals surface area contributed by atoms with Crippen molar-refractivity contribution in [2.24, 2.45) is 0 Å². The van der Waals surface area contributed by atoms with Crippen LogP contribution in [0.3, 0.4) is 0 Å². The van der Waals surface area contributed by atoms with Gasteiger partial charge in [-0.2, -0.15) is 0 Å². The Labute approximate surface area is 131 Å². The van der Waals surface area contributed by atoms with Gasteiger partial charge in [0.2, 0.25) is 11.8 Å². The van der Waals surface area contributed by atoms with Crippen molar-refractivity contribution in [1.29, 1.82) is 0 Å². The lowest BCUT2D eigenvalue weighted by Gasteiger charge is -2.15. The van der Waals surface area contributed by atoms with Crippen LogP contribution in [0.4, 0.5) is 18.9 Å². The molecule has 0 saturated carbocycles. The van der Waals surface area contributed by atoms with Gasteiger partial charge in [0.15, 0.2) is 0 Å².